The highest BCUT2D eigenvalue weighted by atomic mass is 16.5. The highest BCUT2D eigenvalue weighted by molar-refractivity contribution is 5.75. The van der Waals surface area contributed by atoms with Crippen molar-refractivity contribution in [3.8, 4) is 5.75 Å². The number of anilines is 2. The van der Waals surface area contributed by atoms with Gasteiger partial charge in [0.1, 0.15) is 5.75 Å². The van der Waals surface area contributed by atoms with Crippen LogP contribution in [0.1, 0.15) is 25.7 Å². The molecule has 2 aliphatic rings. The Morgan fingerprint density at radius 2 is 2.06 bits per heavy atom. The molecule has 1 fully saturated rings. The molecule has 0 bridgehead atoms. The van der Waals surface area contributed by atoms with Crippen LogP contribution in [-0.4, -0.2) is 26.2 Å². The second-order valence-electron chi connectivity index (χ2n) is 5.35. The van der Waals surface area contributed by atoms with Crippen LogP contribution in [-0.2, 0) is 0 Å². The minimum atomic E-state index is 0.300. The molecule has 1 saturated carbocycles. The van der Waals surface area contributed by atoms with Gasteiger partial charge in [0.25, 0.3) is 0 Å². The summed E-state index contributed by atoms with van der Waals surface area (Å²) in [6.07, 6.45) is 5.27. The van der Waals surface area contributed by atoms with Gasteiger partial charge in [-0.25, -0.2) is 0 Å². The normalized spacial score (nSPS) is 21.2. The highest BCUT2D eigenvalue weighted by Gasteiger charge is 2.38. The Hall–Kier alpha value is -1.38. The Bertz CT molecular complexity index is 424. The van der Waals surface area contributed by atoms with E-state index < -0.39 is 0 Å². The summed E-state index contributed by atoms with van der Waals surface area (Å²) in [5.41, 5.74) is 2.80. The van der Waals surface area contributed by atoms with Crippen molar-refractivity contribution in [2.45, 2.75) is 31.2 Å². The van der Waals surface area contributed by atoms with Crippen LogP contribution >= 0.6 is 0 Å². The van der Waals surface area contributed by atoms with Gasteiger partial charge in [-0.15, -0.1) is 0 Å². The monoisotopic (exact) mass is 232 g/mol. The van der Waals surface area contributed by atoms with E-state index in [0.29, 0.717) is 5.54 Å². The Morgan fingerprint density at radius 1 is 1.29 bits per heavy atom. The molecule has 1 aromatic rings. The smallest absolute Gasteiger partial charge is 0.121 e. The predicted octanol–water partition coefficient (Wildman–Crippen LogP) is 2.87. The molecule has 17 heavy (non-hydrogen) atoms. The van der Waals surface area contributed by atoms with E-state index in [1.165, 1.54) is 37.1 Å². The molecule has 0 atom stereocenters. The third-order valence-electron chi connectivity index (χ3n) is 4.12. The van der Waals surface area contributed by atoms with Crippen molar-refractivity contribution in [1.29, 1.82) is 0 Å². The zero-order valence-corrected chi connectivity index (χ0v) is 10.6. The van der Waals surface area contributed by atoms with Gasteiger partial charge in [-0.2, -0.15) is 0 Å². The number of nitrogens with zero attached hydrogens (tertiary/aromatic N) is 1. The average Bonchev–Trinajstić information content (AvgIpc) is 2.76. The van der Waals surface area contributed by atoms with Gasteiger partial charge in [0.15, 0.2) is 0 Å². The summed E-state index contributed by atoms with van der Waals surface area (Å²) in [4.78, 5) is 2.37. The molecule has 3 heteroatoms. The molecule has 1 aliphatic carbocycles. The first-order valence-corrected chi connectivity index (χ1v) is 6.40. The van der Waals surface area contributed by atoms with Gasteiger partial charge in [0.2, 0.25) is 0 Å². The lowest BCUT2D eigenvalue weighted by atomic mass is 9.93. The molecule has 3 rings (SSSR count). The van der Waals surface area contributed by atoms with E-state index >= 15 is 0 Å². The van der Waals surface area contributed by atoms with Crippen LogP contribution in [0, 0.1) is 0 Å². The van der Waals surface area contributed by atoms with Gasteiger partial charge < -0.3 is 15.0 Å². The quantitative estimate of drug-likeness (QED) is 0.805. The number of nitrogens with one attached hydrogen (secondary N) is 1. The molecule has 1 N–H and O–H groups in total. The van der Waals surface area contributed by atoms with Crippen LogP contribution in [0.2, 0.25) is 0 Å². The van der Waals surface area contributed by atoms with Gasteiger partial charge in [0.05, 0.1) is 24.0 Å². The van der Waals surface area contributed by atoms with Crippen molar-refractivity contribution >= 4 is 11.4 Å². The molecule has 1 aliphatic heterocycles. The number of methoxy groups -OCH3 is 1. The van der Waals surface area contributed by atoms with Crippen molar-refractivity contribution < 1.29 is 4.74 Å². The highest BCUT2D eigenvalue weighted by Crippen LogP contribution is 2.42. The van der Waals surface area contributed by atoms with Crippen molar-refractivity contribution in [1.82, 2.24) is 0 Å². The Morgan fingerprint density at radius 3 is 2.76 bits per heavy atom. The summed E-state index contributed by atoms with van der Waals surface area (Å²) in [6.45, 7) is 1.12. The van der Waals surface area contributed by atoms with E-state index in [2.05, 4.69) is 29.4 Å². The molecule has 3 nitrogen and oxygen atoms in total. The summed E-state index contributed by atoms with van der Waals surface area (Å²) in [5, 5.41) is 3.76. The number of likely N-dealkylation sites (N-methyl/N-ethyl adjacent to an activating group) is 1. The van der Waals surface area contributed by atoms with Gasteiger partial charge >= 0.3 is 0 Å². The maximum Gasteiger partial charge on any atom is 0.121 e. The Labute approximate surface area is 103 Å². The number of benzene rings is 1. The number of hydrogen-bond acceptors (Lipinski definition) is 3. The predicted molar refractivity (Wildman–Crippen MR) is 71.1 cm³/mol. The molecule has 1 aromatic carbocycles. The SMILES string of the molecule is COc1ccc2c(c1)NC1(CCCC1)CN2C. The summed E-state index contributed by atoms with van der Waals surface area (Å²) >= 11 is 0. The van der Waals surface area contributed by atoms with E-state index in [0.717, 1.165) is 12.3 Å². The van der Waals surface area contributed by atoms with E-state index in [1.807, 2.05) is 6.07 Å². The number of rotatable bonds is 1. The molecule has 92 valence electrons. The maximum atomic E-state index is 5.31. The second-order valence-corrected chi connectivity index (χ2v) is 5.35. The van der Waals surface area contributed by atoms with Gasteiger partial charge in [-0.05, 0) is 25.0 Å². The first-order chi connectivity index (χ1) is 8.22. The molecule has 0 amide bonds. The second kappa shape index (κ2) is 3.83. The molecule has 1 spiro atoms. The van der Waals surface area contributed by atoms with Crippen molar-refractivity contribution in [3.05, 3.63) is 18.2 Å². The largest absolute Gasteiger partial charge is 0.497 e. The molecule has 0 aromatic heterocycles. The lowest BCUT2D eigenvalue weighted by molar-refractivity contribution is 0.414. The first kappa shape index (κ1) is 10.8. The van der Waals surface area contributed by atoms with Crippen molar-refractivity contribution in [2.24, 2.45) is 0 Å². The number of ether oxygens (including phenoxy) is 1. The fourth-order valence-electron chi connectivity index (χ4n) is 3.27. The van der Waals surface area contributed by atoms with Gasteiger partial charge in [-0.3, -0.25) is 0 Å². The molecule has 0 radical (unpaired) electrons. The molecule has 1 heterocycles. The van der Waals surface area contributed by atoms with Crippen LogP contribution in [0.4, 0.5) is 11.4 Å². The van der Waals surface area contributed by atoms with Gasteiger partial charge in [-0.1, -0.05) is 12.8 Å². The molecular weight excluding hydrogens is 212 g/mol. The Kier molecular flexibility index (Phi) is 2.42. The minimum Gasteiger partial charge on any atom is -0.497 e. The summed E-state index contributed by atoms with van der Waals surface area (Å²) in [7, 11) is 3.91. The summed E-state index contributed by atoms with van der Waals surface area (Å²) < 4.78 is 5.31. The van der Waals surface area contributed by atoms with Crippen LogP contribution in [0.25, 0.3) is 0 Å². The lowest BCUT2D eigenvalue weighted by Crippen LogP contribution is -2.49. The van der Waals surface area contributed by atoms with E-state index in [1.54, 1.807) is 7.11 Å². The standard InChI is InChI=1S/C14H20N2O/c1-16-10-14(7-3-4-8-14)15-12-9-11(17-2)5-6-13(12)16/h5-6,9,15H,3-4,7-8,10H2,1-2H3. The fourth-order valence-corrected chi connectivity index (χ4v) is 3.27. The van der Waals surface area contributed by atoms with Crippen LogP contribution in [0.3, 0.4) is 0 Å². The third kappa shape index (κ3) is 1.74. The first-order valence-electron chi connectivity index (χ1n) is 6.40. The summed E-state index contributed by atoms with van der Waals surface area (Å²) in [5.74, 6) is 0.930. The summed E-state index contributed by atoms with van der Waals surface area (Å²) in [6, 6.07) is 6.29. The molecular formula is C14H20N2O. The van der Waals surface area contributed by atoms with Crippen LogP contribution in [0.5, 0.6) is 5.75 Å². The number of fused-ring (bicyclic) bond motifs is 1. The van der Waals surface area contributed by atoms with E-state index in [9.17, 15) is 0 Å². The van der Waals surface area contributed by atoms with E-state index in [4.69, 9.17) is 4.74 Å². The Balaban J connectivity index is 1.97. The van der Waals surface area contributed by atoms with Crippen molar-refractivity contribution in [2.75, 3.05) is 30.9 Å². The average molecular weight is 232 g/mol. The third-order valence-corrected chi connectivity index (χ3v) is 4.12. The fraction of sp³-hybridized carbons (Fsp3) is 0.571. The topological polar surface area (TPSA) is 24.5 Å². The molecule has 0 unspecified atom stereocenters. The zero-order chi connectivity index (χ0) is 11.9. The van der Waals surface area contributed by atoms with Crippen LogP contribution < -0.4 is 15.0 Å². The molecule has 0 saturated heterocycles. The van der Waals surface area contributed by atoms with Crippen LogP contribution in [0.15, 0.2) is 18.2 Å². The minimum absolute atomic E-state index is 0.300. The van der Waals surface area contributed by atoms with Gasteiger partial charge in [0, 0.05) is 19.7 Å². The maximum absolute atomic E-state index is 5.31. The lowest BCUT2D eigenvalue weighted by Gasteiger charge is -2.42. The zero-order valence-electron chi connectivity index (χ0n) is 10.6. The van der Waals surface area contributed by atoms with Crippen molar-refractivity contribution in [3.63, 3.8) is 0 Å². The van der Waals surface area contributed by atoms with E-state index in [-0.39, 0.29) is 0 Å². The number of hydrogen-bond donors (Lipinski definition) is 1.